The second kappa shape index (κ2) is 5.73. The van der Waals surface area contributed by atoms with Gasteiger partial charge < -0.3 is 4.90 Å². The topological polar surface area (TPSA) is 32.3 Å². The van der Waals surface area contributed by atoms with Crippen LogP contribution in [0.3, 0.4) is 0 Å². The minimum Gasteiger partial charge on any atom is -0.353 e. The van der Waals surface area contributed by atoms with Crippen molar-refractivity contribution in [1.82, 2.24) is 15.1 Å². The molecule has 3 rings (SSSR count). The number of anilines is 1. The summed E-state index contributed by atoms with van der Waals surface area (Å²) in [5.41, 5.74) is -0.937. The number of piperazine rings is 1. The highest BCUT2D eigenvalue weighted by Crippen LogP contribution is 2.29. The molecule has 1 aromatic rings. The maximum Gasteiger partial charge on any atom is 0.435 e. The van der Waals surface area contributed by atoms with Crippen molar-refractivity contribution in [3.63, 3.8) is 0 Å². The molecule has 1 aliphatic heterocycles. The van der Waals surface area contributed by atoms with Gasteiger partial charge in [0.2, 0.25) is 0 Å². The Kier molecular flexibility index (Phi) is 4.39. The van der Waals surface area contributed by atoms with Gasteiger partial charge in [-0.2, -0.15) is 13.2 Å². The van der Waals surface area contributed by atoms with E-state index in [1.807, 2.05) is 4.90 Å². The molecule has 1 aliphatic carbocycles. The normalized spacial score (nSPS) is 20.6. The van der Waals surface area contributed by atoms with Crippen LogP contribution in [-0.2, 0) is 6.18 Å². The van der Waals surface area contributed by atoms with Gasteiger partial charge >= 0.3 is 6.18 Å². The van der Waals surface area contributed by atoms with Crippen molar-refractivity contribution in [1.29, 1.82) is 0 Å². The number of hydrogen-bond donors (Lipinski definition) is 0. The highest BCUT2D eigenvalue weighted by Gasteiger charge is 2.34. The van der Waals surface area contributed by atoms with E-state index in [9.17, 15) is 13.2 Å². The minimum absolute atomic E-state index is 0. The summed E-state index contributed by atoms with van der Waals surface area (Å²) in [6.45, 7) is 3.51. The zero-order chi connectivity index (χ0) is 13.5. The van der Waals surface area contributed by atoms with Crippen LogP contribution in [-0.4, -0.2) is 47.3 Å². The molecule has 8 heteroatoms. The fraction of sp³-hybridized carbons (Fsp3) is 0.667. The van der Waals surface area contributed by atoms with Crippen molar-refractivity contribution in [2.75, 3.05) is 31.1 Å². The molecule has 1 saturated heterocycles. The zero-order valence-electron chi connectivity index (χ0n) is 10.8. The van der Waals surface area contributed by atoms with E-state index in [1.54, 1.807) is 0 Å². The molecule has 0 spiro atoms. The Labute approximate surface area is 121 Å². The standard InChI is InChI=1S/C12H15F3N4.ClH/c13-12(14,15)10-3-4-11(17-16-10)19-7-5-18(6-8-19)9-1-2-9;/h3-4,9H,1-2,5-8H2;1H. The molecule has 4 nitrogen and oxygen atoms in total. The maximum absolute atomic E-state index is 12.4. The lowest BCUT2D eigenvalue weighted by Gasteiger charge is -2.35. The van der Waals surface area contributed by atoms with E-state index < -0.39 is 11.9 Å². The van der Waals surface area contributed by atoms with Gasteiger partial charge in [-0.15, -0.1) is 22.6 Å². The van der Waals surface area contributed by atoms with Crippen LogP contribution in [0.5, 0.6) is 0 Å². The number of nitrogens with zero attached hydrogens (tertiary/aromatic N) is 4. The van der Waals surface area contributed by atoms with Crippen molar-refractivity contribution < 1.29 is 13.2 Å². The molecule has 112 valence electrons. The largest absolute Gasteiger partial charge is 0.435 e. The molecule has 2 fully saturated rings. The van der Waals surface area contributed by atoms with Crippen LogP contribution in [0.4, 0.5) is 19.0 Å². The first-order valence-corrected chi connectivity index (χ1v) is 6.44. The third-order valence-corrected chi connectivity index (χ3v) is 3.64. The van der Waals surface area contributed by atoms with Crippen molar-refractivity contribution in [2.45, 2.75) is 25.1 Å². The highest BCUT2D eigenvalue weighted by molar-refractivity contribution is 5.85. The van der Waals surface area contributed by atoms with Gasteiger partial charge in [0, 0.05) is 32.2 Å². The molecule has 2 heterocycles. The molecule has 1 aromatic heterocycles. The number of alkyl halides is 3. The first-order chi connectivity index (χ1) is 9.04. The van der Waals surface area contributed by atoms with E-state index in [-0.39, 0.29) is 12.4 Å². The van der Waals surface area contributed by atoms with E-state index in [1.165, 1.54) is 18.9 Å². The second-order valence-electron chi connectivity index (χ2n) is 5.03. The van der Waals surface area contributed by atoms with E-state index in [2.05, 4.69) is 15.1 Å². The van der Waals surface area contributed by atoms with E-state index in [4.69, 9.17) is 0 Å². The van der Waals surface area contributed by atoms with Crippen LogP contribution < -0.4 is 4.90 Å². The van der Waals surface area contributed by atoms with Crippen LogP contribution in [0, 0.1) is 0 Å². The van der Waals surface area contributed by atoms with Gasteiger partial charge in [-0.05, 0) is 25.0 Å². The van der Waals surface area contributed by atoms with Gasteiger partial charge in [0.1, 0.15) is 0 Å². The van der Waals surface area contributed by atoms with E-state index in [0.717, 1.165) is 38.3 Å². The first-order valence-electron chi connectivity index (χ1n) is 6.44. The first kappa shape index (κ1) is 15.3. The van der Waals surface area contributed by atoms with Crippen LogP contribution in [0.15, 0.2) is 12.1 Å². The molecule has 0 atom stereocenters. The summed E-state index contributed by atoms with van der Waals surface area (Å²) in [4.78, 5) is 4.43. The van der Waals surface area contributed by atoms with E-state index >= 15 is 0 Å². The summed E-state index contributed by atoms with van der Waals surface area (Å²) in [6, 6.07) is 3.14. The highest BCUT2D eigenvalue weighted by atomic mass is 35.5. The Hall–Kier alpha value is -1.08. The number of halogens is 4. The molecule has 0 unspecified atom stereocenters. The molecular weight excluding hydrogens is 293 g/mol. The van der Waals surface area contributed by atoms with Gasteiger partial charge in [-0.25, -0.2) is 0 Å². The lowest BCUT2D eigenvalue weighted by atomic mass is 10.3. The van der Waals surface area contributed by atoms with Gasteiger partial charge in [0.15, 0.2) is 11.5 Å². The SMILES string of the molecule is Cl.FC(F)(F)c1ccc(N2CCN(C3CC3)CC2)nn1. The summed E-state index contributed by atoms with van der Waals surface area (Å²) in [5, 5.41) is 6.95. The minimum atomic E-state index is -4.42. The van der Waals surface area contributed by atoms with Gasteiger partial charge in [-0.1, -0.05) is 0 Å². The summed E-state index contributed by atoms with van der Waals surface area (Å²) in [5.74, 6) is 0.531. The predicted octanol–water partition coefficient (Wildman–Crippen LogP) is 2.20. The quantitative estimate of drug-likeness (QED) is 0.838. The summed E-state index contributed by atoms with van der Waals surface area (Å²) in [6.07, 6.45) is -1.86. The van der Waals surface area contributed by atoms with Crippen LogP contribution in [0.2, 0.25) is 0 Å². The van der Waals surface area contributed by atoms with Gasteiger partial charge in [0.25, 0.3) is 0 Å². The van der Waals surface area contributed by atoms with Crippen LogP contribution in [0.1, 0.15) is 18.5 Å². The summed E-state index contributed by atoms with van der Waals surface area (Å²) >= 11 is 0. The molecule has 1 saturated carbocycles. The number of rotatable bonds is 2. The second-order valence-corrected chi connectivity index (χ2v) is 5.03. The molecule has 0 bridgehead atoms. The summed E-state index contributed by atoms with van der Waals surface area (Å²) < 4.78 is 37.2. The lowest BCUT2D eigenvalue weighted by Crippen LogP contribution is -2.47. The Morgan fingerprint density at radius 3 is 2.10 bits per heavy atom. The smallest absolute Gasteiger partial charge is 0.353 e. The van der Waals surface area contributed by atoms with E-state index in [0.29, 0.717) is 5.82 Å². The fourth-order valence-electron chi connectivity index (χ4n) is 2.40. The molecule has 2 aliphatic rings. The third-order valence-electron chi connectivity index (χ3n) is 3.64. The molecule has 20 heavy (non-hydrogen) atoms. The number of hydrogen-bond acceptors (Lipinski definition) is 4. The monoisotopic (exact) mass is 308 g/mol. The third kappa shape index (κ3) is 3.32. The van der Waals surface area contributed by atoms with Gasteiger partial charge in [0.05, 0.1) is 0 Å². The van der Waals surface area contributed by atoms with Crippen LogP contribution >= 0.6 is 12.4 Å². The zero-order valence-corrected chi connectivity index (χ0v) is 11.6. The lowest BCUT2D eigenvalue weighted by molar-refractivity contribution is -0.141. The molecule has 0 N–H and O–H groups in total. The predicted molar refractivity (Wildman–Crippen MR) is 71.1 cm³/mol. The Bertz CT molecular complexity index is 439. The average Bonchev–Trinajstić information content (AvgIpc) is 3.22. The molecule has 0 radical (unpaired) electrons. The number of aromatic nitrogens is 2. The van der Waals surface area contributed by atoms with Crippen molar-refractivity contribution in [3.8, 4) is 0 Å². The van der Waals surface area contributed by atoms with Gasteiger partial charge in [-0.3, -0.25) is 4.90 Å². The van der Waals surface area contributed by atoms with Crippen molar-refractivity contribution >= 4 is 18.2 Å². The Balaban J connectivity index is 0.00000147. The fourth-order valence-corrected chi connectivity index (χ4v) is 2.40. The Morgan fingerprint density at radius 2 is 1.65 bits per heavy atom. The molecular formula is C12H16ClF3N4. The maximum atomic E-state index is 12.4. The van der Waals surface area contributed by atoms with Crippen LogP contribution in [0.25, 0.3) is 0 Å². The summed E-state index contributed by atoms with van der Waals surface area (Å²) in [7, 11) is 0. The Morgan fingerprint density at radius 1 is 1.00 bits per heavy atom. The average molecular weight is 309 g/mol. The molecule has 0 amide bonds. The van der Waals surface area contributed by atoms with Crippen molar-refractivity contribution in [2.24, 2.45) is 0 Å². The van der Waals surface area contributed by atoms with Crippen molar-refractivity contribution in [3.05, 3.63) is 17.8 Å². The molecule has 0 aromatic carbocycles.